The molecule has 0 spiro atoms. The van der Waals surface area contributed by atoms with Crippen LogP contribution in [-0.4, -0.2) is 24.9 Å². The molecule has 5 aromatic rings. The predicted molar refractivity (Wildman–Crippen MR) is 115 cm³/mol. The fraction of sp³-hybridized carbons (Fsp3) is 0.100. The Morgan fingerprint density at radius 2 is 1.97 bits per heavy atom. The molecule has 4 heterocycles. The van der Waals surface area contributed by atoms with Crippen molar-refractivity contribution in [1.82, 2.24) is 24.9 Å². The number of thioether (sulfide) groups is 1. The molecule has 0 N–H and O–H groups in total. The molecule has 0 bridgehead atoms. The van der Waals surface area contributed by atoms with Crippen molar-refractivity contribution in [3.05, 3.63) is 76.1 Å². The van der Waals surface area contributed by atoms with Gasteiger partial charge in [-0.3, -0.25) is 4.57 Å². The Morgan fingerprint density at radius 1 is 1.07 bits per heavy atom. The molecule has 0 unspecified atom stereocenters. The highest BCUT2D eigenvalue weighted by molar-refractivity contribution is 7.98. The molecule has 0 amide bonds. The number of thiophene rings is 1. The van der Waals surface area contributed by atoms with Gasteiger partial charge >= 0.3 is 0 Å². The number of furan rings is 1. The molecule has 0 atom stereocenters. The maximum absolute atomic E-state index is 6.03. The van der Waals surface area contributed by atoms with E-state index in [1.54, 1.807) is 17.6 Å². The Hall–Kier alpha value is -2.88. The van der Waals surface area contributed by atoms with Crippen LogP contribution in [0.2, 0.25) is 5.02 Å². The lowest BCUT2D eigenvalue weighted by atomic mass is 10.2. The van der Waals surface area contributed by atoms with E-state index in [-0.39, 0.29) is 0 Å². The zero-order valence-electron chi connectivity index (χ0n) is 15.4. The number of halogens is 1. The Balaban J connectivity index is 1.40. The van der Waals surface area contributed by atoms with Crippen molar-refractivity contribution in [3.8, 4) is 22.8 Å². The zero-order valence-corrected chi connectivity index (χ0v) is 17.8. The first-order chi connectivity index (χ1) is 14.8. The second kappa shape index (κ2) is 8.47. The summed E-state index contributed by atoms with van der Waals surface area (Å²) in [5, 5.41) is 18.2. The lowest BCUT2D eigenvalue weighted by Crippen LogP contribution is -2.03. The van der Waals surface area contributed by atoms with Crippen LogP contribution in [0.4, 0.5) is 0 Å². The minimum atomic E-state index is 0.505. The third-order valence-electron chi connectivity index (χ3n) is 4.28. The molecule has 30 heavy (non-hydrogen) atoms. The summed E-state index contributed by atoms with van der Waals surface area (Å²) >= 11 is 9.11. The van der Waals surface area contributed by atoms with E-state index in [1.165, 1.54) is 11.8 Å². The highest BCUT2D eigenvalue weighted by atomic mass is 35.5. The largest absolute Gasteiger partial charge is 0.467 e. The zero-order chi connectivity index (χ0) is 20.3. The highest BCUT2D eigenvalue weighted by Gasteiger charge is 2.17. The Labute approximate surface area is 184 Å². The molecule has 0 aliphatic heterocycles. The fourth-order valence-corrected chi connectivity index (χ4v) is 4.39. The molecule has 0 saturated heterocycles. The van der Waals surface area contributed by atoms with E-state index in [0.29, 0.717) is 29.0 Å². The van der Waals surface area contributed by atoms with Gasteiger partial charge in [-0.25, -0.2) is 0 Å². The topological polar surface area (TPSA) is 82.8 Å². The number of benzene rings is 1. The average molecular weight is 456 g/mol. The van der Waals surface area contributed by atoms with Gasteiger partial charge in [0.15, 0.2) is 16.8 Å². The van der Waals surface area contributed by atoms with Gasteiger partial charge in [-0.1, -0.05) is 28.5 Å². The minimum absolute atomic E-state index is 0.505. The smallest absolute Gasteiger partial charge is 0.258 e. The van der Waals surface area contributed by atoms with Gasteiger partial charge in [0.05, 0.1) is 24.1 Å². The first-order valence-corrected chi connectivity index (χ1v) is 11.3. The lowest BCUT2D eigenvalue weighted by Gasteiger charge is -2.08. The number of hydrogen-bond donors (Lipinski definition) is 0. The molecule has 7 nitrogen and oxygen atoms in total. The summed E-state index contributed by atoms with van der Waals surface area (Å²) in [7, 11) is 0. The van der Waals surface area contributed by atoms with Crippen molar-refractivity contribution >= 4 is 34.7 Å². The standard InChI is InChI=1S/C20H14ClN5O2S2/c21-15-5-3-13(4-6-15)18-23-24-20(26(18)10-16-2-1-8-27-16)30-12-17-22-19(28-25-17)14-7-9-29-11-14/h1-9,11H,10,12H2. The summed E-state index contributed by atoms with van der Waals surface area (Å²) in [6.07, 6.45) is 1.65. The van der Waals surface area contributed by atoms with Gasteiger partial charge in [0.1, 0.15) is 5.76 Å². The molecule has 1 aromatic carbocycles. The summed E-state index contributed by atoms with van der Waals surface area (Å²) in [4.78, 5) is 4.47. The number of hydrogen-bond acceptors (Lipinski definition) is 8. The normalized spacial score (nSPS) is 11.2. The summed E-state index contributed by atoms with van der Waals surface area (Å²) < 4.78 is 12.9. The Bertz CT molecular complexity index is 1230. The van der Waals surface area contributed by atoms with E-state index in [2.05, 4.69) is 20.3 Å². The van der Waals surface area contributed by atoms with Crippen LogP contribution in [0.1, 0.15) is 11.6 Å². The predicted octanol–water partition coefficient (Wildman–Crippen LogP) is 5.64. The van der Waals surface area contributed by atoms with Crippen molar-refractivity contribution < 1.29 is 8.94 Å². The maximum atomic E-state index is 6.03. The van der Waals surface area contributed by atoms with Gasteiger partial charge < -0.3 is 8.94 Å². The fourth-order valence-electron chi connectivity index (χ4n) is 2.85. The monoisotopic (exact) mass is 455 g/mol. The quantitative estimate of drug-likeness (QED) is 0.293. The van der Waals surface area contributed by atoms with Crippen LogP contribution in [0.15, 0.2) is 73.6 Å². The van der Waals surface area contributed by atoms with Gasteiger partial charge in [0.25, 0.3) is 5.89 Å². The van der Waals surface area contributed by atoms with Crippen molar-refractivity contribution in [2.45, 2.75) is 17.5 Å². The van der Waals surface area contributed by atoms with E-state index in [4.69, 9.17) is 20.5 Å². The van der Waals surface area contributed by atoms with Gasteiger partial charge in [-0.15, -0.1) is 10.2 Å². The molecular formula is C20H14ClN5O2S2. The van der Waals surface area contributed by atoms with Gasteiger partial charge in [0, 0.05) is 16.0 Å². The van der Waals surface area contributed by atoms with E-state index in [1.807, 2.05) is 57.8 Å². The second-order valence-electron chi connectivity index (χ2n) is 6.30. The van der Waals surface area contributed by atoms with Crippen LogP contribution in [0.25, 0.3) is 22.8 Å². The van der Waals surface area contributed by atoms with Gasteiger partial charge in [-0.05, 0) is 47.8 Å². The summed E-state index contributed by atoms with van der Waals surface area (Å²) in [5.74, 6) is 3.17. The molecule has 0 fully saturated rings. The van der Waals surface area contributed by atoms with Crippen LogP contribution in [0.5, 0.6) is 0 Å². The van der Waals surface area contributed by atoms with E-state index < -0.39 is 0 Å². The first-order valence-electron chi connectivity index (χ1n) is 8.96. The first kappa shape index (κ1) is 19.1. The maximum Gasteiger partial charge on any atom is 0.258 e. The van der Waals surface area contributed by atoms with Crippen molar-refractivity contribution in [2.24, 2.45) is 0 Å². The Kier molecular flexibility index (Phi) is 5.39. The number of aromatic nitrogens is 5. The molecule has 10 heteroatoms. The Morgan fingerprint density at radius 3 is 2.73 bits per heavy atom. The molecule has 0 radical (unpaired) electrons. The molecule has 5 rings (SSSR count). The van der Waals surface area contributed by atoms with Gasteiger partial charge in [0.2, 0.25) is 0 Å². The third-order valence-corrected chi connectivity index (χ3v) is 6.18. The molecule has 150 valence electrons. The highest BCUT2D eigenvalue weighted by Crippen LogP contribution is 2.28. The van der Waals surface area contributed by atoms with E-state index in [0.717, 1.165) is 27.9 Å². The van der Waals surface area contributed by atoms with Crippen molar-refractivity contribution in [3.63, 3.8) is 0 Å². The van der Waals surface area contributed by atoms with Crippen LogP contribution in [-0.2, 0) is 12.3 Å². The molecular weight excluding hydrogens is 442 g/mol. The summed E-state index contributed by atoms with van der Waals surface area (Å²) in [5.41, 5.74) is 1.85. The molecule has 0 aliphatic carbocycles. The van der Waals surface area contributed by atoms with Crippen molar-refractivity contribution in [1.29, 1.82) is 0 Å². The van der Waals surface area contributed by atoms with Crippen molar-refractivity contribution in [2.75, 3.05) is 0 Å². The van der Waals surface area contributed by atoms with E-state index >= 15 is 0 Å². The average Bonchev–Trinajstić information content (AvgIpc) is 3.55. The summed E-state index contributed by atoms with van der Waals surface area (Å²) in [6, 6.07) is 13.2. The third kappa shape index (κ3) is 4.04. The minimum Gasteiger partial charge on any atom is -0.467 e. The number of rotatable bonds is 7. The molecule has 4 aromatic heterocycles. The van der Waals surface area contributed by atoms with Gasteiger partial charge in [-0.2, -0.15) is 16.3 Å². The SMILES string of the molecule is Clc1ccc(-c2nnc(SCc3noc(-c4ccsc4)n3)n2Cc2ccco2)cc1. The molecule has 0 saturated carbocycles. The molecule has 0 aliphatic rings. The lowest BCUT2D eigenvalue weighted by molar-refractivity contribution is 0.425. The van der Waals surface area contributed by atoms with Crippen LogP contribution >= 0.6 is 34.7 Å². The van der Waals surface area contributed by atoms with E-state index in [9.17, 15) is 0 Å². The van der Waals surface area contributed by atoms with Crippen LogP contribution in [0.3, 0.4) is 0 Å². The number of nitrogens with zero attached hydrogens (tertiary/aromatic N) is 5. The van der Waals surface area contributed by atoms with Crippen LogP contribution in [0, 0.1) is 0 Å². The second-order valence-corrected chi connectivity index (χ2v) is 8.45. The summed E-state index contributed by atoms with van der Waals surface area (Å²) in [6.45, 7) is 0.507. The van der Waals surface area contributed by atoms with Crippen LogP contribution < -0.4 is 0 Å².